The Morgan fingerprint density at radius 3 is 2.63 bits per heavy atom. The van der Waals surface area contributed by atoms with Gasteiger partial charge in [0.2, 0.25) is 0 Å². The van der Waals surface area contributed by atoms with Crippen molar-refractivity contribution in [3.63, 3.8) is 0 Å². The first-order chi connectivity index (χ1) is 8.90. The zero-order chi connectivity index (χ0) is 14.0. The predicted octanol–water partition coefficient (Wildman–Crippen LogP) is 4.55. The summed E-state index contributed by atoms with van der Waals surface area (Å²) in [5, 5.41) is 3.53. The van der Waals surface area contributed by atoms with E-state index in [1.807, 2.05) is 12.1 Å². The molecule has 2 rings (SSSR count). The molecule has 1 unspecified atom stereocenters. The molecule has 1 aliphatic carbocycles. The largest absolute Gasteiger partial charge is 0.314 e. The van der Waals surface area contributed by atoms with E-state index < -0.39 is 0 Å². The van der Waals surface area contributed by atoms with E-state index in [9.17, 15) is 4.39 Å². The Balaban J connectivity index is 2.11. The summed E-state index contributed by atoms with van der Waals surface area (Å²) in [4.78, 5) is 0. The molecule has 1 saturated carbocycles. The first-order valence-corrected chi connectivity index (χ1v) is 7.87. The van der Waals surface area contributed by atoms with Crippen LogP contribution in [-0.2, 0) is 6.42 Å². The molecular formula is C16H23BrFN. The Kier molecular flexibility index (Phi) is 4.67. The molecule has 1 aromatic rings. The van der Waals surface area contributed by atoms with Crippen LogP contribution >= 0.6 is 15.9 Å². The van der Waals surface area contributed by atoms with Crippen molar-refractivity contribution in [3.8, 4) is 0 Å². The van der Waals surface area contributed by atoms with E-state index in [2.05, 4.69) is 42.0 Å². The summed E-state index contributed by atoms with van der Waals surface area (Å²) in [5.41, 5.74) is 1.00. The monoisotopic (exact) mass is 327 g/mol. The highest BCUT2D eigenvalue weighted by atomic mass is 79.9. The molecule has 1 aromatic carbocycles. The molecule has 0 aromatic heterocycles. The molecule has 0 spiro atoms. The molecule has 1 N–H and O–H groups in total. The fourth-order valence-corrected chi connectivity index (χ4v) is 3.00. The van der Waals surface area contributed by atoms with Gasteiger partial charge >= 0.3 is 0 Å². The first kappa shape index (κ1) is 15.0. The van der Waals surface area contributed by atoms with Gasteiger partial charge in [-0.3, -0.25) is 0 Å². The van der Waals surface area contributed by atoms with Gasteiger partial charge in [-0.15, -0.1) is 0 Å². The Morgan fingerprint density at radius 2 is 2.11 bits per heavy atom. The van der Waals surface area contributed by atoms with Gasteiger partial charge in [0.25, 0.3) is 0 Å². The molecule has 0 radical (unpaired) electrons. The number of nitrogens with one attached hydrogen (secondary N) is 1. The van der Waals surface area contributed by atoms with Crippen molar-refractivity contribution in [2.75, 3.05) is 6.54 Å². The SMILES string of the molecule is CC(C)NCC(C)(Cc1ccc(Br)cc1F)C1CC1. The lowest BCUT2D eigenvalue weighted by molar-refractivity contribution is 0.245. The van der Waals surface area contributed by atoms with E-state index in [4.69, 9.17) is 0 Å². The van der Waals surface area contributed by atoms with Gasteiger partial charge in [0, 0.05) is 17.1 Å². The Labute approximate surface area is 124 Å². The lowest BCUT2D eigenvalue weighted by atomic mass is 9.78. The summed E-state index contributed by atoms with van der Waals surface area (Å²) in [6.07, 6.45) is 3.39. The molecule has 0 bridgehead atoms. The van der Waals surface area contributed by atoms with Crippen LogP contribution in [0.15, 0.2) is 22.7 Å². The van der Waals surface area contributed by atoms with Crippen LogP contribution in [0.1, 0.15) is 39.2 Å². The maximum atomic E-state index is 14.0. The predicted molar refractivity (Wildman–Crippen MR) is 81.8 cm³/mol. The number of benzene rings is 1. The van der Waals surface area contributed by atoms with E-state index in [1.165, 1.54) is 12.8 Å². The topological polar surface area (TPSA) is 12.0 Å². The van der Waals surface area contributed by atoms with E-state index in [-0.39, 0.29) is 11.2 Å². The van der Waals surface area contributed by atoms with E-state index >= 15 is 0 Å². The van der Waals surface area contributed by atoms with Crippen molar-refractivity contribution in [3.05, 3.63) is 34.1 Å². The number of hydrogen-bond donors (Lipinski definition) is 1. The standard InChI is InChI=1S/C16H23BrFN/c1-11(2)19-10-16(3,13-5-6-13)9-12-4-7-14(17)8-15(12)18/h4,7-8,11,13,19H,5-6,9-10H2,1-3H3. The van der Waals surface area contributed by atoms with Crippen molar-refractivity contribution >= 4 is 15.9 Å². The summed E-state index contributed by atoms with van der Waals surface area (Å²) in [5.74, 6) is 0.646. The summed E-state index contributed by atoms with van der Waals surface area (Å²) < 4.78 is 14.8. The highest BCUT2D eigenvalue weighted by molar-refractivity contribution is 9.10. The highest BCUT2D eigenvalue weighted by Gasteiger charge is 2.41. The molecule has 1 fully saturated rings. The van der Waals surface area contributed by atoms with Crippen LogP contribution in [0.4, 0.5) is 4.39 Å². The van der Waals surface area contributed by atoms with Crippen LogP contribution < -0.4 is 5.32 Å². The molecule has 19 heavy (non-hydrogen) atoms. The number of rotatable bonds is 6. The van der Waals surface area contributed by atoms with Gasteiger partial charge in [-0.1, -0.05) is 42.8 Å². The second-order valence-corrected chi connectivity index (χ2v) is 7.29. The summed E-state index contributed by atoms with van der Waals surface area (Å²) in [6.45, 7) is 7.58. The van der Waals surface area contributed by atoms with Crippen molar-refractivity contribution in [1.29, 1.82) is 0 Å². The van der Waals surface area contributed by atoms with Gasteiger partial charge in [0.1, 0.15) is 5.82 Å². The van der Waals surface area contributed by atoms with Crippen LogP contribution in [0, 0.1) is 17.2 Å². The second-order valence-electron chi connectivity index (χ2n) is 6.38. The van der Waals surface area contributed by atoms with Gasteiger partial charge in [-0.05, 0) is 48.3 Å². The molecule has 0 amide bonds. The quantitative estimate of drug-likeness (QED) is 0.808. The molecule has 0 heterocycles. The lowest BCUT2D eigenvalue weighted by Crippen LogP contribution is -2.38. The van der Waals surface area contributed by atoms with Gasteiger partial charge < -0.3 is 5.32 Å². The molecule has 1 nitrogen and oxygen atoms in total. The van der Waals surface area contributed by atoms with Gasteiger partial charge in [0.15, 0.2) is 0 Å². The van der Waals surface area contributed by atoms with Gasteiger partial charge in [0.05, 0.1) is 0 Å². The van der Waals surface area contributed by atoms with Crippen LogP contribution in [0.2, 0.25) is 0 Å². The summed E-state index contributed by atoms with van der Waals surface area (Å²) >= 11 is 3.31. The minimum atomic E-state index is -0.0919. The van der Waals surface area contributed by atoms with E-state index in [0.29, 0.717) is 6.04 Å². The van der Waals surface area contributed by atoms with Crippen molar-refractivity contribution < 1.29 is 4.39 Å². The summed E-state index contributed by atoms with van der Waals surface area (Å²) in [6, 6.07) is 5.89. The van der Waals surface area contributed by atoms with Crippen LogP contribution in [0.3, 0.4) is 0 Å². The van der Waals surface area contributed by atoms with Gasteiger partial charge in [-0.2, -0.15) is 0 Å². The second kappa shape index (κ2) is 5.92. The van der Waals surface area contributed by atoms with Crippen LogP contribution in [-0.4, -0.2) is 12.6 Å². The first-order valence-electron chi connectivity index (χ1n) is 7.08. The Bertz CT molecular complexity index is 442. The molecule has 0 aliphatic heterocycles. The minimum absolute atomic E-state index is 0.0919. The van der Waals surface area contributed by atoms with Gasteiger partial charge in [-0.25, -0.2) is 4.39 Å². The third kappa shape index (κ3) is 4.03. The average molecular weight is 328 g/mol. The third-order valence-corrected chi connectivity index (χ3v) is 4.58. The fourth-order valence-electron chi connectivity index (χ4n) is 2.67. The molecule has 3 heteroatoms. The molecular weight excluding hydrogens is 305 g/mol. The van der Waals surface area contributed by atoms with Crippen molar-refractivity contribution in [1.82, 2.24) is 5.32 Å². The Morgan fingerprint density at radius 1 is 1.42 bits per heavy atom. The van der Waals surface area contributed by atoms with E-state index in [0.717, 1.165) is 28.9 Å². The normalized spacial score (nSPS) is 18.6. The zero-order valence-corrected chi connectivity index (χ0v) is 13.6. The maximum absolute atomic E-state index is 14.0. The van der Waals surface area contributed by atoms with Crippen molar-refractivity contribution in [2.45, 2.75) is 46.1 Å². The summed E-state index contributed by atoms with van der Waals surface area (Å²) in [7, 11) is 0. The molecule has 106 valence electrons. The van der Waals surface area contributed by atoms with Crippen molar-refractivity contribution in [2.24, 2.45) is 11.3 Å². The number of hydrogen-bond acceptors (Lipinski definition) is 1. The van der Waals surface area contributed by atoms with Crippen LogP contribution in [0.25, 0.3) is 0 Å². The highest BCUT2D eigenvalue weighted by Crippen LogP contribution is 2.47. The Hall–Kier alpha value is -0.410. The fraction of sp³-hybridized carbons (Fsp3) is 0.625. The number of halogens is 2. The van der Waals surface area contributed by atoms with Crippen LogP contribution in [0.5, 0.6) is 0 Å². The third-order valence-electron chi connectivity index (χ3n) is 4.09. The molecule has 1 aliphatic rings. The smallest absolute Gasteiger partial charge is 0.127 e. The zero-order valence-electron chi connectivity index (χ0n) is 12.0. The average Bonchev–Trinajstić information content (AvgIpc) is 3.15. The minimum Gasteiger partial charge on any atom is -0.314 e. The molecule has 0 saturated heterocycles. The lowest BCUT2D eigenvalue weighted by Gasteiger charge is -2.31. The molecule has 1 atom stereocenters. The maximum Gasteiger partial charge on any atom is 0.127 e. The van der Waals surface area contributed by atoms with E-state index in [1.54, 1.807) is 6.07 Å².